The third-order valence-electron chi connectivity index (χ3n) is 3.82. The molecule has 1 aliphatic heterocycles. The number of ketones is 1. The molecular weight excluding hydrogens is 264 g/mol. The van der Waals surface area contributed by atoms with Crippen molar-refractivity contribution in [2.45, 2.75) is 6.10 Å². The van der Waals surface area contributed by atoms with Gasteiger partial charge in [0.2, 0.25) is 5.78 Å². The highest BCUT2D eigenvalue weighted by atomic mass is 16.6. The van der Waals surface area contributed by atoms with Crippen molar-refractivity contribution >= 4 is 22.4 Å². The lowest BCUT2D eigenvalue weighted by molar-refractivity contribution is 0.0950. The number of Topliss-reactive ketones (excluding diaryl/α,β-unsaturated/α-hetero) is 1. The Balaban J connectivity index is 1.83. The van der Waals surface area contributed by atoms with Gasteiger partial charge in [-0.1, -0.05) is 42.5 Å². The molecule has 2 aromatic carbocycles. The van der Waals surface area contributed by atoms with Crippen LogP contribution in [0.25, 0.3) is 22.0 Å². The lowest BCUT2D eigenvalue weighted by Crippen LogP contribution is -2.09. The average molecular weight is 278 g/mol. The Bertz CT molecular complexity index is 833. The number of aromatic amines is 1. The van der Waals surface area contributed by atoms with Crippen LogP contribution in [0.2, 0.25) is 0 Å². The van der Waals surface area contributed by atoms with Gasteiger partial charge in [0.05, 0.1) is 12.3 Å². The third-order valence-corrected chi connectivity index (χ3v) is 3.82. The molecule has 104 valence electrons. The zero-order valence-corrected chi connectivity index (χ0v) is 11.3. The fourth-order valence-electron chi connectivity index (χ4n) is 2.58. The highest BCUT2D eigenvalue weighted by molar-refractivity contribution is 6.11. The minimum Gasteiger partial charge on any atom is -0.396 e. The summed E-state index contributed by atoms with van der Waals surface area (Å²) in [5.74, 6) is -0.0649. The van der Waals surface area contributed by atoms with E-state index in [2.05, 4.69) is 17.1 Å². The Hall–Kier alpha value is -2.59. The van der Waals surface area contributed by atoms with Gasteiger partial charge in [-0.25, -0.2) is 0 Å². The van der Waals surface area contributed by atoms with Gasteiger partial charge in [0, 0.05) is 10.9 Å². The van der Waals surface area contributed by atoms with Crippen LogP contribution in [-0.4, -0.2) is 23.5 Å². The summed E-state index contributed by atoms with van der Waals surface area (Å²) >= 11 is 0. The summed E-state index contributed by atoms with van der Waals surface area (Å²) < 4.78 is 5.04. The van der Waals surface area contributed by atoms with E-state index < -0.39 is 0 Å². The maximum Gasteiger partial charge on any atom is 0.212 e. The predicted octanol–water partition coefficient (Wildman–Crippen LogP) is 3.00. The third kappa shape index (κ3) is 2.00. The largest absolute Gasteiger partial charge is 0.396 e. The van der Waals surface area contributed by atoms with Crippen molar-refractivity contribution in [1.82, 2.24) is 4.98 Å². The molecule has 0 spiro atoms. The first-order chi connectivity index (χ1) is 10.2. The van der Waals surface area contributed by atoms with E-state index in [9.17, 15) is 4.79 Å². The van der Waals surface area contributed by atoms with E-state index in [1.54, 1.807) is 0 Å². The molecule has 1 fully saturated rings. The number of nitrogens with two attached hydrogens (primary N) is 1. The molecule has 1 unspecified atom stereocenters. The molecule has 1 aliphatic rings. The number of carbonyl (C=O) groups excluding carboxylic acids is 1. The number of hydrogen-bond acceptors (Lipinski definition) is 3. The zero-order chi connectivity index (χ0) is 14.4. The average Bonchev–Trinajstić information content (AvgIpc) is 3.32. The maximum absolute atomic E-state index is 12.1. The number of H-pyrrole nitrogens is 1. The first-order valence-electron chi connectivity index (χ1n) is 6.86. The van der Waals surface area contributed by atoms with Crippen LogP contribution >= 0.6 is 0 Å². The number of hydrogen-bond donors (Lipinski definition) is 2. The van der Waals surface area contributed by atoms with Crippen LogP contribution in [0.1, 0.15) is 10.5 Å². The monoisotopic (exact) mass is 278 g/mol. The summed E-state index contributed by atoms with van der Waals surface area (Å²) in [5.41, 5.74) is 10.1. The van der Waals surface area contributed by atoms with Crippen molar-refractivity contribution in [2.24, 2.45) is 0 Å². The van der Waals surface area contributed by atoms with Crippen LogP contribution in [0.15, 0.2) is 48.5 Å². The van der Waals surface area contributed by atoms with Crippen LogP contribution < -0.4 is 5.73 Å². The van der Waals surface area contributed by atoms with Gasteiger partial charge in [-0.2, -0.15) is 0 Å². The minimum absolute atomic E-state index is 0.0649. The number of fused-ring (bicyclic) bond motifs is 1. The van der Waals surface area contributed by atoms with E-state index in [-0.39, 0.29) is 11.9 Å². The molecule has 0 radical (unpaired) electrons. The summed E-state index contributed by atoms with van der Waals surface area (Å²) in [7, 11) is 0. The van der Waals surface area contributed by atoms with Crippen molar-refractivity contribution in [3.8, 4) is 11.1 Å². The normalized spacial score (nSPS) is 17.0. The van der Waals surface area contributed by atoms with Gasteiger partial charge in [-0.05, 0) is 17.2 Å². The number of benzene rings is 2. The van der Waals surface area contributed by atoms with Crippen molar-refractivity contribution in [1.29, 1.82) is 0 Å². The van der Waals surface area contributed by atoms with Crippen molar-refractivity contribution in [3.63, 3.8) is 0 Å². The Morgan fingerprint density at radius 1 is 1.14 bits per heavy atom. The molecule has 3 N–H and O–H groups in total. The van der Waals surface area contributed by atoms with Gasteiger partial charge in [-0.3, -0.25) is 4.79 Å². The summed E-state index contributed by atoms with van der Waals surface area (Å²) in [6.45, 7) is 0.489. The SMILES string of the molecule is Nc1c(C(=O)C2CO2)[nH]c2cc(-c3ccccc3)ccc12. The van der Waals surface area contributed by atoms with Gasteiger partial charge in [0.15, 0.2) is 0 Å². The molecule has 4 rings (SSSR count). The first kappa shape index (κ1) is 12.2. The maximum atomic E-state index is 12.1. The second-order valence-corrected chi connectivity index (χ2v) is 5.23. The number of anilines is 1. The van der Waals surface area contributed by atoms with E-state index >= 15 is 0 Å². The van der Waals surface area contributed by atoms with Crippen LogP contribution in [0, 0.1) is 0 Å². The molecule has 4 nitrogen and oxygen atoms in total. The van der Waals surface area contributed by atoms with Gasteiger partial charge < -0.3 is 15.5 Å². The van der Waals surface area contributed by atoms with E-state index in [1.165, 1.54) is 0 Å². The fraction of sp³-hybridized carbons (Fsp3) is 0.118. The Morgan fingerprint density at radius 3 is 2.62 bits per heavy atom. The lowest BCUT2D eigenvalue weighted by Gasteiger charge is -2.01. The number of ether oxygens (including phenoxy) is 1. The summed E-state index contributed by atoms with van der Waals surface area (Å²) in [4.78, 5) is 15.3. The molecule has 3 aromatic rings. The number of carbonyl (C=O) groups is 1. The van der Waals surface area contributed by atoms with Crippen molar-refractivity contribution in [3.05, 3.63) is 54.2 Å². The van der Waals surface area contributed by atoms with Gasteiger partial charge in [0.25, 0.3) is 0 Å². The van der Waals surface area contributed by atoms with E-state index in [1.807, 2.05) is 36.4 Å². The number of nitrogen functional groups attached to an aromatic ring is 1. The van der Waals surface area contributed by atoms with Crippen LogP contribution in [0.3, 0.4) is 0 Å². The second-order valence-electron chi connectivity index (χ2n) is 5.23. The number of epoxide rings is 1. The van der Waals surface area contributed by atoms with Crippen LogP contribution in [0.4, 0.5) is 5.69 Å². The fourth-order valence-corrected chi connectivity index (χ4v) is 2.58. The van der Waals surface area contributed by atoms with E-state index in [4.69, 9.17) is 10.5 Å². The molecule has 0 saturated carbocycles. The van der Waals surface area contributed by atoms with E-state index in [0.29, 0.717) is 18.0 Å². The number of aromatic nitrogens is 1. The zero-order valence-electron chi connectivity index (χ0n) is 11.3. The van der Waals surface area contributed by atoms with Crippen LogP contribution in [0.5, 0.6) is 0 Å². The van der Waals surface area contributed by atoms with E-state index in [0.717, 1.165) is 22.0 Å². The molecule has 0 aliphatic carbocycles. The quantitative estimate of drug-likeness (QED) is 0.571. The Morgan fingerprint density at radius 2 is 1.90 bits per heavy atom. The van der Waals surface area contributed by atoms with Gasteiger partial charge in [-0.15, -0.1) is 0 Å². The number of rotatable bonds is 3. The molecule has 1 aromatic heterocycles. The Labute approximate surface area is 121 Å². The van der Waals surface area contributed by atoms with Crippen LogP contribution in [-0.2, 0) is 4.74 Å². The molecule has 1 atom stereocenters. The molecular formula is C17H14N2O2. The standard InChI is InChI=1S/C17H14N2O2/c18-15-12-7-6-11(10-4-2-1-3-5-10)8-13(12)19-16(15)17(20)14-9-21-14/h1-8,14,19H,9,18H2. The summed E-state index contributed by atoms with van der Waals surface area (Å²) in [5, 5.41) is 0.874. The Kier molecular flexibility index (Phi) is 2.59. The van der Waals surface area contributed by atoms with Crippen molar-refractivity contribution in [2.75, 3.05) is 12.3 Å². The summed E-state index contributed by atoms with van der Waals surface area (Å²) in [6, 6.07) is 16.1. The number of nitrogens with one attached hydrogen (secondary N) is 1. The molecule has 21 heavy (non-hydrogen) atoms. The highest BCUT2D eigenvalue weighted by Crippen LogP contribution is 2.31. The topological polar surface area (TPSA) is 71.4 Å². The van der Waals surface area contributed by atoms with Gasteiger partial charge in [0.1, 0.15) is 11.8 Å². The lowest BCUT2D eigenvalue weighted by atomic mass is 10.0. The molecule has 0 bridgehead atoms. The molecule has 2 heterocycles. The van der Waals surface area contributed by atoms with Crippen molar-refractivity contribution < 1.29 is 9.53 Å². The first-order valence-corrected chi connectivity index (χ1v) is 6.86. The minimum atomic E-state index is -0.325. The highest BCUT2D eigenvalue weighted by Gasteiger charge is 2.34. The molecule has 1 saturated heterocycles. The predicted molar refractivity (Wildman–Crippen MR) is 82.2 cm³/mol. The second kappa shape index (κ2) is 4.46. The summed E-state index contributed by atoms with van der Waals surface area (Å²) in [6.07, 6.45) is -0.325. The smallest absolute Gasteiger partial charge is 0.212 e. The molecule has 4 heteroatoms. The molecule has 0 amide bonds. The van der Waals surface area contributed by atoms with Gasteiger partial charge >= 0.3 is 0 Å².